The van der Waals surface area contributed by atoms with Crippen LogP contribution in [0.2, 0.25) is 10.0 Å². The SMILES string of the molecule is CCNC(=O)NC(=O)CN1C(=O)N[C@@](C)(c2ccc(Cl)cc2Cl)C1=O. The van der Waals surface area contributed by atoms with Gasteiger partial charge in [-0.15, -0.1) is 0 Å². The molecule has 6 amide bonds. The van der Waals surface area contributed by atoms with Crippen molar-refractivity contribution in [2.24, 2.45) is 0 Å². The second kappa shape index (κ2) is 7.28. The van der Waals surface area contributed by atoms with Crippen molar-refractivity contribution in [2.45, 2.75) is 19.4 Å². The molecule has 3 N–H and O–H groups in total. The number of imide groups is 2. The van der Waals surface area contributed by atoms with Gasteiger partial charge >= 0.3 is 12.1 Å². The number of carbonyl (C=O) groups excluding carboxylic acids is 4. The van der Waals surface area contributed by atoms with Crippen molar-refractivity contribution < 1.29 is 19.2 Å². The lowest BCUT2D eigenvalue weighted by molar-refractivity contribution is -0.134. The van der Waals surface area contributed by atoms with Crippen molar-refractivity contribution in [2.75, 3.05) is 13.1 Å². The van der Waals surface area contributed by atoms with E-state index in [4.69, 9.17) is 23.2 Å². The molecule has 1 aromatic carbocycles. The number of carbonyl (C=O) groups is 4. The molecule has 0 aliphatic carbocycles. The number of amides is 6. The number of hydrogen-bond acceptors (Lipinski definition) is 4. The van der Waals surface area contributed by atoms with Crippen molar-refractivity contribution in [3.05, 3.63) is 33.8 Å². The highest BCUT2D eigenvalue weighted by Gasteiger charge is 2.50. The van der Waals surface area contributed by atoms with Crippen molar-refractivity contribution in [3.63, 3.8) is 0 Å². The van der Waals surface area contributed by atoms with Gasteiger partial charge in [-0.1, -0.05) is 29.3 Å². The third-order valence-corrected chi connectivity index (χ3v) is 4.18. The zero-order chi connectivity index (χ0) is 18.8. The molecule has 0 radical (unpaired) electrons. The number of benzene rings is 1. The van der Waals surface area contributed by atoms with Gasteiger partial charge in [0.15, 0.2) is 0 Å². The Balaban J connectivity index is 2.19. The van der Waals surface area contributed by atoms with Crippen LogP contribution in [0.15, 0.2) is 18.2 Å². The van der Waals surface area contributed by atoms with Gasteiger partial charge in [0.2, 0.25) is 5.91 Å². The van der Waals surface area contributed by atoms with E-state index < -0.39 is 36.0 Å². The maximum absolute atomic E-state index is 12.7. The molecule has 1 atom stereocenters. The van der Waals surface area contributed by atoms with Crippen LogP contribution < -0.4 is 16.0 Å². The van der Waals surface area contributed by atoms with Crippen LogP contribution in [0.25, 0.3) is 0 Å². The third kappa shape index (κ3) is 3.85. The number of urea groups is 2. The van der Waals surface area contributed by atoms with E-state index in [0.717, 1.165) is 4.90 Å². The molecule has 134 valence electrons. The molecular formula is C15H16Cl2N4O4. The minimum absolute atomic E-state index is 0.206. The summed E-state index contributed by atoms with van der Waals surface area (Å²) in [6.07, 6.45) is 0. The summed E-state index contributed by atoms with van der Waals surface area (Å²) in [6, 6.07) is 3.06. The minimum Gasteiger partial charge on any atom is -0.338 e. The topological polar surface area (TPSA) is 108 Å². The van der Waals surface area contributed by atoms with Crippen LogP contribution in [0.1, 0.15) is 19.4 Å². The predicted molar refractivity (Wildman–Crippen MR) is 91.3 cm³/mol. The maximum atomic E-state index is 12.7. The fourth-order valence-electron chi connectivity index (χ4n) is 2.43. The summed E-state index contributed by atoms with van der Waals surface area (Å²) in [5.74, 6) is -1.45. The Kier molecular flexibility index (Phi) is 5.54. The van der Waals surface area contributed by atoms with Crippen molar-refractivity contribution in [3.8, 4) is 0 Å². The van der Waals surface area contributed by atoms with E-state index in [-0.39, 0.29) is 5.02 Å². The lowest BCUT2D eigenvalue weighted by Crippen LogP contribution is -2.46. The Morgan fingerprint density at radius 2 is 1.96 bits per heavy atom. The lowest BCUT2D eigenvalue weighted by atomic mass is 9.92. The van der Waals surface area contributed by atoms with Gasteiger partial charge in [0.25, 0.3) is 5.91 Å². The van der Waals surface area contributed by atoms with Gasteiger partial charge in [-0.3, -0.25) is 19.8 Å². The Morgan fingerprint density at radius 3 is 2.56 bits per heavy atom. The van der Waals surface area contributed by atoms with Crippen LogP contribution in [0.4, 0.5) is 9.59 Å². The van der Waals surface area contributed by atoms with Crippen molar-refractivity contribution in [1.82, 2.24) is 20.9 Å². The van der Waals surface area contributed by atoms with Gasteiger partial charge in [-0.25, -0.2) is 9.59 Å². The van der Waals surface area contributed by atoms with E-state index in [0.29, 0.717) is 17.1 Å². The largest absolute Gasteiger partial charge is 0.338 e. The molecule has 8 nitrogen and oxygen atoms in total. The molecule has 2 rings (SSSR count). The first-order valence-corrected chi connectivity index (χ1v) is 8.12. The van der Waals surface area contributed by atoms with E-state index in [2.05, 4.69) is 10.6 Å². The molecular weight excluding hydrogens is 371 g/mol. The van der Waals surface area contributed by atoms with Crippen LogP contribution >= 0.6 is 23.2 Å². The number of nitrogens with one attached hydrogen (secondary N) is 3. The molecule has 0 spiro atoms. The lowest BCUT2D eigenvalue weighted by Gasteiger charge is -2.23. The highest BCUT2D eigenvalue weighted by molar-refractivity contribution is 6.35. The highest BCUT2D eigenvalue weighted by atomic mass is 35.5. The van der Waals surface area contributed by atoms with E-state index in [9.17, 15) is 19.2 Å². The Morgan fingerprint density at radius 1 is 1.28 bits per heavy atom. The Hall–Kier alpha value is -2.32. The summed E-state index contributed by atoms with van der Waals surface area (Å²) >= 11 is 12.0. The standard InChI is InChI=1S/C15H16Cl2N4O4/c1-3-18-13(24)19-11(22)7-21-12(23)15(2,20-14(21)25)9-5-4-8(16)6-10(9)17/h4-6H,3,7H2,1-2H3,(H,20,25)(H2,18,19,22,24)/t15-/m0/s1. The van der Waals surface area contributed by atoms with Crippen LogP contribution in [0, 0.1) is 0 Å². The summed E-state index contributed by atoms with van der Waals surface area (Å²) in [5, 5.41) is 7.51. The second-order valence-corrected chi connectivity index (χ2v) is 6.32. The van der Waals surface area contributed by atoms with E-state index in [1.165, 1.54) is 25.1 Å². The highest BCUT2D eigenvalue weighted by Crippen LogP contribution is 2.34. The van der Waals surface area contributed by atoms with Crippen LogP contribution in [0.5, 0.6) is 0 Å². The first-order chi connectivity index (χ1) is 11.7. The molecule has 1 aliphatic heterocycles. The van der Waals surface area contributed by atoms with E-state index in [1.54, 1.807) is 6.92 Å². The normalized spacial score (nSPS) is 19.6. The summed E-state index contributed by atoms with van der Waals surface area (Å²) < 4.78 is 0. The van der Waals surface area contributed by atoms with Gasteiger partial charge in [-0.05, 0) is 26.0 Å². The smallest absolute Gasteiger partial charge is 0.325 e. The molecule has 0 saturated carbocycles. The molecule has 10 heteroatoms. The van der Waals surface area contributed by atoms with Gasteiger partial charge in [0.1, 0.15) is 12.1 Å². The van der Waals surface area contributed by atoms with Crippen molar-refractivity contribution in [1.29, 1.82) is 0 Å². The number of halogens is 2. The molecule has 25 heavy (non-hydrogen) atoms. The Labute approximate surface area is 153 Å². The molecule has 1 heterocycles. The Bertz CT molecular complexity index is 755. The zero-order valence-corrected chi connectivity index (χ0v) is 15.0. The second-order valence-electron chi connectivity index (χ2n) is 5.48. The van der Waals surface area contributed by atoms with E-state index >= 15 is 0 Å². The third-order valence-electron chi connectivity index (χ3n) is 3.64. The van der Waals surface area contributed by atoms with Gasteiger partial charge < -0.3 is 10.6 Å². The average molecular weight is 387 g/mol. The van der Waals surface area contributed by atoms with Crippen LogP contribution in [-0.4, -0.2) is 41.9 Å². The minimum atomic E-state index is -1.44. The fourth-order valence-corrected chi connectivity index (χ4v) is 3.03. The monoisotopic (exact) mass is 386 g/mol. The first kappa shape index (κ1) is 19.0. The average Bonchev–Trinajstić information content (AvgIpc) is 2.71. The molecule has 1 aliphatic rings. The number of hydrogen-bond donors (Lipinski definition) is 3. The summed E-state index contributed by atoms with van der Waals surface area (Å²) in [7, 11) is 0. The molecule has 1 saturated heterocycles. The van der Waals surface area contributed by atoms with Crippen molar-refractivity contribution >= 4 is 47.1 Å². The molecule has 0 aromatic heterocycles. The molecule has 0 unspecified atom stereocenters. The quantitative estimate of drug-likeness (QED) is 0.682. The van der Waals surface area contributed by atoms with Crippen LogP contribution in [-0.2, 0) is 15.1 Å². The summed E-state index contributed by atoms with van der Waals surface area (Å²) in [5.41, 5.74) is -1.09. The maximum Gasteiger partial charge on any atom is 0.325 e. The predicted octanol–water partition coefficient (Wildman–Crippen LogP) is 1.61. The zero-order valence-electron chi connectivity index (χ0n) is 13.5. The number of rotatable bonds is 4. The van der Waals surface area contributed by atoms with Gasteiger partial charge in [0.05, 0.1) is 0 Å². The van der Waals surface area contributed by atoms with Gasteiger partial charge in [-0.2, -0.15) is 0 Å². The van der Waals surface area contributed by atoms with Crippen LogP contribution in [0.3, 0.4) is 0 Å². The molecule has 1 aromatic rings. The molecule has 0 bridgehead atoms. The fraction of sp³-hybridized carbons (Fsp3) is 0.333. The number of nitrogens with zero attached hydrogens (tertiary/aromatic N) is 1. The van der Waals surface area contributed by atoms with Gasteiger partial charge in [0, 0.05) is 22.2 Å². The summed E-state index contributed by atoms with van der Waals surface area (Å²) in [4.78, 5) is 48.7. The molecule has 1 fully saturated rings. The summed E-state index contributed by atoms with van der Waals surface area (Å²) in [6.45, 7) is 2.89. The first-order valence-electron chi connectivity index (χ1n) is 7.36. The van der Waals surface area contributed by atoms with E-state index in [1.807, 2.05) is 5.32 Å².